The number of benzene rings is 1. The summed E-state index contributed by atoms with van der Waals surface area (Å²) in [6.07, 6.45) is 3.95. The van der Waals surface area contributed by atoms with Gasteiger partial charge in [0, 0.05) is 26.1 Å². The highest BCUT2D eigenvalue weighted by atomic mass is 32.2. The molecule has 0 aromatic heterocycles. The maximum atomic E-state index is 13.3. The molecule has 1 aliphatic heterocycles. The van der Waals surface area contributed by atoms with Gasteiger partial charge < -0.3 is 10.2 Å². The third kappa shape index (κ3) is 5.53. The summed E-state index contributed by atoms with van der Waals surface area (Å²) in [5.74, 6) is 0.587. The van der Waals surface area contributed by atoms with Crippen molar-refractivity contribution in [3.05, 3.63) is 35.6 Å². The van der Waals surface area contributed by atoms with E-state index in [-0.39, 0.29) is 23.5 Å². The lowest BCUT2D eigenvalue weighted by atomic mass is 9.96. The molecule has 0 spiro atoms. The molecule has 1 aliphatic rings. The van der Waals surface area contributed by atoms with Crippen molar-refractivity contribution in [1.29, 1.82) is 0 Å². The lowest BCUT2D eigenvalue weighted by Gasteiger charge is -2.32. The first kappa shape index (κ1) is 17.8. The highest BCUT2D eigenvalue weighted by molar-refractivity contribution is 7.98. The van der Waals surface area contributed by atoms with E-state index in [1.54, 1.807) is 28.8 Å². The van der Waals surface area contributed by atoms with Crippen molar-refractivity contribution in [3.63, 3.8) is 0 Å². The standard InChI is InChI=1S/C17H23FN2O2S/c1-23-9-3-8-19-17(22)14-6-7-16(21)20(12-14)11-13-4-2-5-15(18)10-13/h2,4-5,10,14H,3,6-9,11-12H2,1H3,(H,19,22). The first-order valence-corrected chi connectivity index (χ1v) is 9.28. The molecular weight excluding hydrogens is 315 g/mol. The van der Waals surface area contributed by atoms with Gasteiger partial charge in [0.25, 0.3) is 0 Å². The van der Waals surface area contributed by atoms with Crippen LogP contribution in [0.4, 0.5) is 4.39 Å². The zero-order valence-corrected chi connectivity index (χ0v) is 14.2. The molecule has 1 atom stereocenters. The third-order valence-electron chi connectivity index (χ3n) is 3.96. The molecule has 1 fully saturated rings. The number of piperidine rings is 1. The van der Waals surface area contributed by atoms with Gasteiger partial charge in [0.05, 0.1) is 5.92 Å². The van der Waals surface area contributed by atoms with E-state index in [1.165, 1.54) is 12.1 Å². The van der Waals surface area contributed by atoms with Crippen LogP contribution in [0.5, 0.6) is 0 Å². The van der Waals surface area contributed by atoms with Crippen LogP contribution >= 0.6 is 11.8 Å². The summed E-state index contributed by atoms with van der Waals surface area (Å²) in [7, 11) is 0. The second kappa shape index (κ2) is 8.91. The SMILES string of the molecule is CSCCCNC(=O)C1CCC(=O)N(Cc2cccc(F)c2)C1. The molecule has 1 aromatic rings. The predicted octanol–water partition coefficient (Wildman–Crippen LogP) is 2.43. The Kier molecular flexibility index (Phi) is 6.89. The molecule has 1 N–H and O–H groups in total. The Labute approximate surface area is 140 Å². The maximum Gasteiger partial charge on any atom is 0.224 e. The third-order valence-corrected chi connectivity index (χ3v) is 4.65. The number of amides is 2. The molecule has 0 saturated carbocycles. The van der Waals surface area contributed by atoms with Gasteiger partial charge in [0.1, 0.15) is 5.82 Å². The van der Waals surface area contributed by atoms with E-state index < -0.39 is 0 Å². The smallest absolute Gasteiger partial charge is 0.224 e. The van der Waals surface area contributed by atoms with E-state index in [2.05, 4.69) is 5.32 Å². The minimum atomic E-state index is -0.310. The largest absolute Gasteiger partial charge is 0.356 e. The zero-order valence-electron chi connectivity index (χ0n) is 13.4. The van der Waals surface area contributed by atoms with Crippen LogP contribution in [0.1, 0.15) is 24.8 Å². The summed E-state index contributed by atoms with van der Waals surface area (Å²) in [5.41, 5.74) is 0.749. The molecule has 4 nitrogen and oxygen atoms in total. The molecule has 0 bridgehead atoms. The first-order chi connectivity index (χ1) is 11.1. The number of rotatable bonds is 7. The fourth-order valence-corrected chi connectivity index (χ4v) is 3.14. The first-order valence-electron chi connectivity index (χ1n) is 7.89. The predicted molar refractivity (Wildman–Crippen MR) is 90.5 cm³/mol. The number of thioether (sulfide) groups is 1. The van der Waals surface area contributed by atoms with E-state index >= 15 is 0 Å². The molecular formula is C17H23FN2O2S. The molecule has 2 rings (SSSR count). The lowest BCUT2D eigenvalue weighted by Crippen LogP contribution is -2.45. The number of halogens is 1. The monoisotopic (exact) mass is 338 g/mol. The Morgan fingerprint density at radius 2 is 2.30 bits per heavy atom. The van der Waals surface area contributed by atoms with Gasteiger partial charge in [-0.15, -0.1) is 0 Å². The summed E-state index contributed by atoms with van der Waals surface area (Å²) in [6, 6.07) is 6.24. The van der Waals surface area contributed by atoms with Gasteiger partial charge in [0.2, 0.25) is 11.8 Å². The van der Waals surface area contributed by atoms with Crippen molar-refractivity contribution >= 4 is 23.6 Å². The Balaban J connectivity index is 1.88. The normalized spacial score (nSPS) is 18.1. The molecule has 0 radical (unpaired) electrons. The van der Waals surface area contributed by atoms with Crippen molar-refractivity contribution in [2.24, 2.45) is 5.92 Å². The number of carbonyl (C=O) groups excluding carboxylic acids is 2. The van der Waals surface area contributed by atoms with Crippen LogP contribution in [0.15, 0.2) is 24.3 Å². The molecule has 126 valence electrons. The Morgan fingerprint density at radius 1 is 1.48 bits per heavy atom. The summed E-state index contributed by atoms with van der Waals surface area (Å²) >= 11 is 1.76. The van der Waals surface area contributed by atoms with Gasteiger partial charge >= 0.3 is 0 Å². The Morgan fingerprint density at radius 3 is 3.04 bits per heavy atom. The van der Waals surface area contributed by atoms with Gasteiger partial charge in [-0.05, 0) is 42.5 Å². The molecule has 6 heteroatoms. The summed E-state index contributed by atoms with van der Waals surface area (Å²) in [5, 5.41) is 2.95. The van der Waals surface area contributed by atoms with Crippen LogP contribution in [0.2, 0.25) is 0 Å². The topological polar surface area (TPSA) is 49.4 Å². The lowest BCUT2D eigenvalue weighted by molar-refractivity contribution is -0.138. The molecule has 1 aromatic carbocycles. The fraction of sp³-hybridized carbons (Fsp3) is 0.529. The highest BCUT2D eigenvalue weighted by Gasteiger charge is 2.30. The minimum Gasteiger partial charge on any atom is -0.356 e. The number of hydrogen-bond acceptors (Lipinski definition) is 3. The van der Waals surface area contributed by atoms with Gasteiger partial charge in [-0.3, -0.25) is 9.59 Å². The van der Waals surface area contributed by atoms with Gasteiger partial charge in [-0.1, -0.05) is 12.1 Å². The van der Waals surface area contributed by atoms with Crippen molar-refractivity contribution in [2.75, 3.05) is 25.1 Å². The second-order valence-corrected chi connectivity index (χ2v) is 6.76. The van der Waals surface area contributed by atoms with Crippen molar-refractivity contribution in [3.8, 4) is 0 Å². The number of likely N-dealkylation sites (tertiary alicyclic amines) is 1. The van der Waals surface area contributed by atoms with Gasteiger partial charge in [-0.25, -0.2) is 4.39 Å². The van der Waals surface area contributed by atoms with E-state index in [4.69, 9.17) is 0 Å². The molecule has 0 aliphatic carbocycles. The Hall–Kier alpha value is -1.56. The highest BCUT2D eigenvalue weighted by Crippen LogP contribution is 2.20. The van der Waals surface area contributed by atoms with E-state index in [1.807, 2.05) is 6.26 Å². The quantitative estimate of drug-likeness (QED) is 0.777. The van der Waals surface area contributed by atoms with Crippen LogP contribution < -0.4 is 5.32 Å². The molecule has 1 unspecified atom stereocenters. The van der Waals surface area contributed by atoms with Crippen molar-refractivity contribution in [2.45, 2.75) is 25.8 Å². The average molecular weight is 338 g/mol. The van der Waals surface area contributed by atoms with Gasteiger partial charge in [-0.2, -0.15) is 11.8 Å². The van der Waals surface area contributed by atoms with E-state index in [9.17, 15) is 14.0 Å². The van der Waals surface area contributed by atoms with Crippen LogP contribution in [-0.4, -0.2) is 41.8 Å². The Bertz CT molecular complexity index is 553. The fourth-order valence-electron chi connectivity index (χ4n) is 2.71. The second-order valence-electron chi connectivity index (χ2n) is 5.78. The van der Waals surface area contributed by atoms with Crippen molar-refractivity contribution < 1.29 is 14.0 Å². The van der Waals surface area contributed by atoms with Crippen LogP contribution in [0.3, 0.4) is 0 Å². The summed E-state index contributed by atoms with van der Waals surface area (Å²) in [6.45, 7) is 1.44. The summed E-state index contributed by atoms with van der Waals surface area (Å²) in [4.78, 5) is 25.9. The zero-order chi connectivity index (χ0) is 16.7. The maximum absolute atomic E-state index is 13.3. The average Bonchev–Trinajstić information content (AvgIpc) is 2.53. The number of nitrogens with one attached hydrogen (secondary N) is 1. The number of nitrogens with zero attached hydrogens (tertiary/aromatic N) is 1. The van der Waals surface area contributed by atoms with Crippen molar-refractivity contribution in [1.82, 2.24) is 10.2 Å². The summed E-state index contributed by atoms with van der Waals surface area (Å²) < 4.78 is 13.3. The van der Waals surface area contributed by atoms with E-state index in [0.717, 1.165) is 17.7 Å². The molecule has 23 heavy (non-hydrogen) atoms. The van der Waals surface area contributed by atoms with Gasteiger partial charge in [0.15, 0.2) is 0 Å². The molecule has 1 heterocycles. The number of hydrogen-bond donors (Lipinski definition) is 1. The molecule has 2 amide bonds. The van der Waals surface area contributed by atoms with E-state index in [0.29, 0.717) is 32.5 Å². The molecule has 1 saturated heterocycles. The van der Waals surface area contributed by atoms with Crippen LogP contribution in [-0.2, 0) is 16.1 Å². The number of carbonyl (C=O) groups is 2. The minimum absolute atomic E-state index is 0.0165. The van der Waals surface area contributed by atoms with Crippen LogP contribution in [0, 0.1) is 11.7 Å². The van der Waals surface area contributed by atoms with Crippen LogP contribution in [0.25, 0.3) is 0 Å².